The molecule has 2 nitrogen and oxygen atoms in total. The summed E-state index contributed by atoms with van der Waals surface area (Å²) in [7, 11) is 0. The molecule has 20 heavy (non-hydrogen) atoms. The van der Waals surface area contributed by atoms with E-state index in [-0.39, 0.29) is 0 Å². The Morgan fingerprint density at radius 2 is 2.05 bits per heavy atom. The van der Waals surface area contributed by atoms with Crippen LogP contribution in [0.2, 0.25) is 0 Å². The number of aryl methyl sites for hydroxylation is 3. The minimum absolute atomic E-state index is 0.330. The lowest BCUT2D eigenvalue weighted by Gasteiger charge is -2.18. The second-order valence-electron chi connectivity index (χ2n) is 5.07. The van der Waals surface area contributed by atoms with Crippen LogP contribution in [0.3, 0.4) is 0 Å². The van der Waals surface area contributed by atoms with Gasteiger partial charge in [-0.15, -0.1) is 11.3 Å². The molecule has 1 unspecified atom stereocenters. The predicted octanol–water partition coefficient (Wildman–Crippen LogP) is 4.72. The van der Waals surface area contributed by atoms with Crippen LogP contribution < -0.4 is 5.32 Å². The van der Waals surface area contributed by atoms with Gasteiger partial charge in [-0.2, -0.15) is 0 Å². The highest BCUT2D eigenvalue weighted by atomic mass is 79.9. The highest BCUT2D eigenvalue weighted by molar-refractivity contribution is 9.10. The van der Waals surface area contributed by atoms with Gasteiger partial charge in [0.25, 0.3) is 0 Å². The van der Waals surface area contributed by atoms with Gasteiger partial charge in [0.2, 0.25) is 0 Å². The van der Waals surface area contributed by atoms with Gasteiger partial charge in [-0.25, -0.2) is 4.98 Å². The van der Waals surface area contributed by atoms with E-state index >= 15 is 0 Å². The lowest BCUT2D eigenvalue weighted by atomic mass is 10.0. The summed E-state index contributed by atoms with van der Waals surface area (Å²) in [5.74, 6) is 0. The Kier molecular flexibility index (Phi) is 5.35. The summed E-state index contributed by atoms with van der Waals surface area (Å²) in [6.45, 7) is 9.47. The first-order valence-corrected chi connectivity index (χ1v) is 8.54. The highest BCUT2D eigenvalue weighted by Gasteiger charge is 2.15. The number of hydrogen-bond donors (Lipinski definition) is 1. The Morgan fingerprint density at radius 3 is 2.60 bits per heavy atom. The van der Waals surface area contributed by atoms with Gasteiger partial charge in [0, 0.05) is 21.8 Å². The van der Waals surface area contributed by atoms with Crippen LogP contribution in [-0.2, 0) is 6.42 Å². The molecule has 2 aromatic rings. The van der Waals surface area contributed by atoms with E-state index in [0.717, 1.165) is 23.1 Å². The Labute approximate surface area is 133 Å². The summed E-state index contributed by atoms with van der Waals surface area (Å²) in [4.78, 5) is 5.99. The van der Waals surface area contributed by atoms with E-state index in [2.05, 4.69) is 72.1 Å². The molecule has 1 aromatic heterocycles. The summed E-state index contributed by atoms with van der Waals surface area (Å²) < 4.78 is 1.16. The number of aromatic nitrogens is 1. The van der Waals surface area contributed by atoms with Crippen molar-refractivity contribution >= 4 is 27.3 Å². The fraction of sp³-hybridized carbons (Fsp3) is 0.438. The first-order valence-electron chi connectivity index (χ1n) is 6.93. The Balaban J connectivity index is 2.23. The molecule has 0 aliphatic heterocycles. The van der Waals surface area contributed by atoms with Gasteiger partial charge in [0.15, 0.2) is 0 Å². The maximum Gasteiger partial charge on any atom is 0.0949 e. The van der Waals surface area contributed by atoms with Gasteiger partial charge in [-0.1, -0.05) is 35.0 Å². The number of nitrogens with one attached hydrogen (secondary N) is 1. The van der Waals surface area contributed by atoms with Crippen molar-refractivity contribution in [3.05, 3.63) is 49.4 Å². The van der Waals surface area contributed by atoms with Gasteiger partial charge in [0.05, 0.1) is 10.7 Å². The van der Waals surface area contributed by atoms with Crippen LogP contribution in [0.4, 0.5) is 0 Å². The number of thiazole rings is 1. The summed E-state index contributed by atoms with van der Waals surface area (Å²) in [5, 5.41) is 4.79. The number of nitrogens with zero attached hydrogens (tertiary/aromatic N) is 1. The molecule has 0 spiro atoms. The van der Waals surface area contributed by atoms with Crippen molar-refractivity contribution < 1.29 is 0 Å². The van der Waals surface area contributed by atoms with Gasteiger partial charge in [0.1, 0.15) is 0 Å². The summed E-state index contributed by atoms with van der Waals surface area (Å²) in [5.41, 5.74) is 3.77. The molecule has 1 atom stereocenters. The van der Waals surface area contributed by atoms with Crippen LogP contribution in [0, 0.1) is 20.8 Å². The lowest BCUT2D eigenvalue weighted by Crippen LogP contribution is -2.23. The number of hydrogen-bond acceptors (Lipinski definition) is 3. The van der Waals surface area contributed by atoms with Gasteiger partial charge in [-0.05, 0) is 44.5 Å². The van der Waals surface area contributed by atoms with Crippen molar-refractivity contribution in [1.82, 2.24) is 10.3 Å². The summed E-state index contributed by atoms with van der Waals surface area (Å²) >= 11 is 5.38. The molecule has 1 aromatic carbocycles. The zero-order valence-electron chi connectivity index (χ0n) is 12.5. The average Bonchev–Trinajstić information content (AvgIpc) is 2.71. The number of halogens is 1. The first kappa shape index (κ1) is 15.7. The molecule has 4 heteroatoms. The van der Waals surface area contributed by atoms with Crippen molar-refractivity contribution in [2.75, 3.05) is 6.54 Å². The van der Waals surface area contributed by atoms with Crippen LogP contribution in [-0.4, -0.2) is 11.5 Å². The maximum atomic E-state index is 4.67. The molecule has 0 aliphatic carbocycles. The van der Waals surface area contributed by atoms with E-state index in [4.69, 9.17) is 0 Å². The SMILES string of the molecule is CCNC(Cc1nc(C)c(C)s1)c1ccc(Br)c(C)c1. The molecule has 0 radical (unpaired) electrons. The topological polar surface area (TPSA) is 24.9 Å². The molecule has 0 aliphatic rings. The average molecular weight is 353 g/mol. The van der Waals surface area contributed by atoms with Gasteiger partial charge < -0.3 is 5.32 Å². The molecule has 108 valence electrons. The lowest BCUT2D eigenvalue weighted by molar-refractivity contribution is 0.548. The van der Waals surface area contributed by atoms with Crippen LogP contribution in [0.15, 0.2) is 22.7 Å². The van der Waals surface area contributed by atoms with Crippen LogP contribution >= 0.6 is 27.3 Å². The zero-order valence-corrected chi connectivity index (χ0v) is 14.9. The summed E-state index contributed by atoms with van der Waals surface area (Å²) in [6, 6.07) is 6.91. The molecular formula is C16H21BrN2S. The smallest absolute Gasteiger partial charge is 0.0949 e. The Morgan fingerprint density at radius 1 is 1.30 bits per heavy atom. The number of benzene rings is 1. The van der Waals surface area contributed by atoms with E-state index in [1.54, 1.807) is 0 Å². The van der Waals surface area contributed by atoms with Crippen molar-refractivity contribution in [3.8, 4) is 0 Å². The zero-order chi connectivity index (χ0) is 14.7. The fourth-order valence-electron chi connectivity index (χ4n) is 2.24. The molecule has 0 amide bonds. The van der Waals surface area contributed by atoms with Crippen LogP contribution in [0.25, 0.3) is 0 Å². The fourth-order valence-corrected chi connectivity index (χ4v) is 3.47. The maximum absolute atomic E-state index is 4.67. The molecule has 0 fully saturated rings. The largest absolute Gasteiger partial charge is 0.310 e. The van der Waals surface area contributed by atoms with Crippen molar-refractivity contribution in [2.45, 2.75) is 40.2 Å². The van der Waals surface area contributed by atoms with Crippen molar-refractivity contribution in [3.63, 3.8) is 0 Å². The second kappa shape index (κ2) is 6.83. The second-order valence-corrected chi connectivity index (χ2v) is 7.21. The Hall–Kier alpha value is -0.710. The molecular weight excluding hydrogens is 332 g/mol. The van der Waals surface area contributed by atoms with E-state index in [0.29, 0.717) is 6.04 Å². The summed E-state index contributed by atoms with van der Waals surface area (Å²) in [6.07, 6.45) is 0.953. The Bertz CT molecular complexity index is 573. The van der Waals surface area contributed by atoms with Crippen molar-refractivity contribution in [2.24, 2.45) is 0 Å². The van der Waals surface area contributed by atoms with E-state index in [9.17, 15) is 0 Å². The molecule has 1 N–H and O–H groups in total. The van der Waals surface area contributed by atoms with Crippen molar-refractivity contribution in [1.29, 1.82) is 0 Å². The minimum Gasteiger partial charge on any atom is -0.310 e. The van der Waals surface area contributed by atoms with Crippen LogP contribution in [0.1, 0.15) is 39.7 Å². The number of rotatable bonds is 5. The monoisotopic (exact) mass is 352 g/mol. The molecule has 0 bridgehead atoms. The predicted molar refractivity (Wildman–Crippen MR) is 90.6 cm³/mol. The van der Waals surface area contributed by atoms with Gasteiger partial charge >= 0.3 is 0 Å². The third kappa shape index (κ3) is 3.68. The normalized spacial score (nSPS) is 12.7. The number of likely N-dealkylation sites (N-methyl/N-ethyl adjacent to an activating group) is 1. The quantitative estimate of drug-likeness (QED) is 0.841. The van der Waals surface area contributed by atoms with E-state index in [1.165, 1.54) is 21.0 Å². The molecule has 1 heterocycles. The molecule has 2 rings (SSSR count). The minimum atomic E-state index is 0.330. The van der Waals surface area contributed by atoms with E-state index < -0.39 is 0 Å². The highest BCUT2D eigenvalue weighted by Crippen LogP contribution is 2.26. The first-order chi connectivity index (χ1) is 9.51. The van der Waals surface area contributed by atoms with Gasteiger partial charge in [-0.3, -0.25) is 0 Å². The van der Waals surface area contributed by atoms with E-state index in [1.807, 2.05) is 11.3 Å². The van der Waals surface area contributed by atoms with Crippen LogP contribution in [0.5, 0.6) is 0 Å². The standard InChI is InChI=1S/C16H21BrN2S/c1-5-18-15(9-16-19-11(3)12(4)20-16)13-6-7-14(17)10(2)8-13/h6-8,15,18H,5,9H2,1-4H3. The third-order valence-corrected chi connectivity index (χ3v) is 5.47. The third-order valence-electron chi connectivity index (χ3n) is 3.49. The molecule has 0 saturated heterocycles. The molecule has 0 saturated carbocycles.